The minimum atomic E-state index is -0.323. The van der Waals surface area contributed by atoms with Crippen molar-refractivity contribution in [3.8, 4) is 5.75 Å². The largest absolute Gasteiger partial charge is 0.487 e. The quantitative estimate of drug-likeness (QED) is 0.109. The number of rotatable bonds is 21. The van der Waals surface area contributed by atoms with Crippen LogP contribution in [0.25, 0.3) is 0 Å². The van der Waals surface area contributed by atoms with Gasteiger partial charge in [-0.15, -0.1) is 0 Å². The van der Waals surface area contributed by atoms with E-state index in [1.54, 1.807) is 12.1 Å². The molecule has 5 heteroatoms. The smallest absolute Gasteiger partial charge is 0.311 e. The summed E-state index contributed by atoms with van der Waals surface area (Å²) in [5.41, 5.74) is 1.10. The Morgan fingerprint density at radius 1 is 0.812 bits per heavy atom. The molecule has 184 valence electrons. The molecule has 0 atom stereocenters. The summed E-state index contributed by atoms with van der Waals surface area (Å²) in [5.74, 6) is 0.404. The van der Waals surface area contributed by atoms with Crippen LogP contribution in [0.3, 0.4) is 0 Å². The first kappa shape index (κ1) is 28.4. The molecule has 1 aromatic carbocycles. The third-order valence-electron chi connectivity index (χ3n) is 6.05. The van der Waals surface area contributed by atoms with E-state index >= 15 is 0 Å². The van der Waals surface area contributed by atoms with Crippen LogP contribution >= 0.6 is 0 Å². The highest BCUT2D eigenvalue weighted by molar-refractivity contribution is 5.48. The second-order valence-electron chi connectivity index (χ2n) is 9.41. The van der Waals surface area contributed by atoms with Gasteiger partial charge in [-0.2, -0.15) is 0 Å². The van der Waals surface area contributed by atoms with Gasteiger partial charge in [-0.05, 0) is 51.5 Å². The number of hydrogen-bond acceptors (Lipinski definition) is 4. The average Bonchev–Trinajstić information content (AvgIpc) is 2.76. The van der Waals surface area contributed by atoms with Crippen molar-refractivity contribution in [1.82, 2.24) is 4.90 Å². The second kappa shape index (κ2) is 18.9. The van der Waals surface area contributed by atoms with Crippen LogP contribution in [0.2, 0.25) is 0 Å². The number of unbranched alkanes of at least 4 members (excludes halogenated alkanes) is 13. The molecule has 32 heavy (non-hydrogen) atoms. The van der Waals surface area contributed by atoms with E-state index < -0.39 is 0 Å². The van der Waals surface area contributed by atoms with Gasteiger partial charge in [-0.1, -0.05) is 96.5 Å². The molecule has 1 aromatic rings. The van der Waals surface area contributed by atoms with E-state index in [0.29, 0.717) is 12.4 Å². The molecule has 0 radical (unpaired) electrons. The van der Waals surface area contributed by atoms with Crippen LogP contribution < -0.4 is 4.74 Å². The molecule has 0 N–H and O–H groups in total. The van der Waals surface area contributed by atoms with E-state index in [4.69, 9.17) is 4.74 Å². The zero-order valence-corrected chi connectivity index (χ0v) is 21.1. The Hall–Kier alpha value is -1.62. The maximum Gasteiger partial charge on any atom is 0.311 e. The Morgan fingerprint density at radius 3 is 1.84 bits per heavy atom. The lowest BCUT2D eigenvalue weighted by molar-refractivity contribution is -0.385. The molecule has 0 bridgehead atoms. The third-order valence-corrected chi connectivity index (χ3v) is 6.05. The molecule has 0 aliphatic heterocycles. The fourth-order valence-corrected chi connectivity index (χ4v) is 4.06. The lowest BCUT2D eigenvalue weighted by atomic mass is 10.0. The normalized spacial score (nSPS) is 11.2. The van der Waals surface area contributed by atoms with Gasteiger partial charge in [0.25, 0.3) is 0 Å². The molecule has 0 spiro atoms. The highest BCUT2D eigenvalue weighted by Crippen LogP contribution is 2.28. The molecular weight excluding hydrogens is 400 g/mol. The van der Waals surface area contributed by atoms with Gasteiger partial charge in [0.15, 0.2) is 5.75 Å². The molecular formula is C27H48N2O3. The van der Waals surface area contributed by atoms with Crippen LogP contribution in [0.1, 0.15) is 109 Å². The van der Waals surface area contributed by atoms with Crippen molar-refractivity contribution in [2.45, 2.75) is 110 Å². The van der Waals surface area contributed by atoms with E-state index in [1.807, 2.05) is 20.2 Å². The van der Waals surface area contributed by atoms with Crippen molar-refractivity contribution in [3.05, 3.63) is 33.9 Å². The molecule has 0 saturated carbocycles. The molecule has 0 saturated heterocycles. The van der Waals surface area contributed by atoms with E-state index in [2.05, 4.69) is 11.8 Å². The van der Waals surface area contributed by atoms with Crippen molar-refractivity contribution in [3.63, 3.8) is 0 Å². The number of hydrogen-bond donors (Lipinski definition) is 0. The van der Waals surface area contributed by atoms with Crippen LogP contribution in [0.4, 0.5) is 5.69 Å². The van der Waals surface area contributed by atoms with Gasteiger partial charge < -0.3 is 9.64 Å². The Morgan fingerprint density at radius 2 is 1.34 bits per heavy atom. The molecule has 0 aliphatic rings. The Kier molecular flexibility index (Phi) is 16.8. The highest BCUT2D eigenvalue weighted by atomic mass is 16.6. The fourth-order valence-electron chi connectivity index (χ4n) is 4.06. The standard InChI is InChI=1S/C27H48N2O3/c1-4-5-6-7-8-9-10-11-12-13-14-15-16-17-23-32-27-21-20-25(19-18-22-28(2)3)24-26(27)29(30)31/h20-21,24H,4-19,22-23H2,1-3H3. The number of aryl methyl sites for hydroxylation is 1. The van der Waals surface area contributed by atoms with Crippen LogP contribution in [0.15, 0.2) is 18.2 Å². The summed E-state index contributed by atoms with van der Waals surface area (Å²) in [7, 11) is 4.08. The molecule has 1 rings (SSSR count). The van der Waals surface area contributed by atoms with Crippen LogP contribution in [0.5, 0.6) is 5.75 Å². The number of nitro benzene ring substituents is 1. The molecule has 0 aliphatic carbocycles. The molecule has 5 nitrogen and oxygen atoms in total. The highest BCUT2D eigenvalue weighted by Gasteiger charge is 2.16. The zero-order chi connectivity index (χ0) is 23.4. The van der Waals surface area contributed by atoms with Gasteiger partial charge in [0, 0.05) is 6.07 Å². The molecule has 0 fully saturated rings. The van der Waals surface area contributed by atoms with Gasteiger partial charge >= 0.3 is 5.69 Å². The van der Waals surface area contributed by atoms with Crippen molar-refractivity contribution >= 4 is 5.69 Å². The molecule has 0 heterocycles. The van der Waals surface area contributed by atoms with Crippen LogP contribution in [-0.4, -0.2) is 37.1 Å². The predicted octanol–water partition coefficient (Wildman–Crippen LogP) is 7.95. The van der Waals surface area contributed by atoms with Gasteiger partial charge in [0.05, 0.1) is 11.5 Å². The van der Waals surface area contributed by atoms with E-state index in [0.717, 1.165) is 37.8 Å². The first-order chi connectivity index (χ1) is 15.5. The Balaban J connectivity index is 2.09. The molecule has 0 unspecified atom stereocenters. The SMILES string of the molecule is CCCCCCCCCCCCCCCCOc1ccc(CCCN(C)C)cc1[N+](=O)[O-]. The third kappa shape index (κ3) is 14.4. The summed E-state index contributed by atoms with van der Waals surface area (Å²) in [6.45, 7) is 3.80. The lowest BCUT2D eigenvalue weighted by Crippen LogP contribution is -2.13. The first-order valence-electron chi connectivity index (χ1n) is 13.1. The minimum Gasteiger partial charge on any atom is -0.487 e. The van der Waals surface area contributed by atoms with Crippen LogP contribution in [-0.2, 0) is 6.42 Å². The maximum absolute atomic E-state index is 11.4. The summed E-state index contributed by atoms with van der Waals surface area (Å²) in [5, 5.41) is 11.4. The van der Waals surface area contributed by atoms with Gasteiger partial charge in [-0.3, -0.25) is 10.1 Å². The maximum atomic E-state index is 11.4. The monoisotopic (exact) mass is 448 g/mol. The fraction of sp³-hybridized carbons (Fsp3) is 0.778. The van der Waals surface area contributed by atoms with E-state index in [-0.39, 0.29) is 10.6 Å². The van der Waals surface area contributed by atoms with Gasteiger partial charge in [0.1, 0.15) is 0 Å². The second-order valence-corrected chi connectivity index (χ2v) is 9.41. The predicted molar refractivity (Wildman–Crippen MR) is 136 cm³/mol. The molecule has 0 aromatic heterocycles. The number of benzene rings is 1. The van der Waals surface area contributed by atoms with Crippen molar-refractivity contribution in [1.29, 1.82) is 0 Å². The van der Waals surface area contributed by atoms with Gasteiger partial charge in [-0.25, -0.2) is 0 Å². The van der Waals surface area contributed by atoms with Crippen LogP contribution in [0, 0.1) is 10.1 Å². The summed E-state index contributed by atoms with van der Waals surface area (Å²) in [6.07, 6.45) is 20.3. The van der Waals surface area contributed by atoms with Gasteiger partial charge in [0.2, 0.25) is 0 Å². The zero-order valence-electron chi connectivity index (χ0n) is 21.1. The topological polar surface area (TPSA) is 55.6 Å². The first-order valence-corrected chi connectivity index (χ1v) is 13.1. The molecule has 0 amide bonds. The summed E-state index contributed by atoms with van der Waals surface area (Å²) in [4.78, 5) is 13.2. The van der Waals surface area contributed by atoms with Crippen molar-refractivity contribution < 1.29 is 9.66 Å². The van der Waals surface area contributed by atoms with Crippen molar-refractivity contribution in [2.75, 3.05) is 27.2 Å². The number of nitro groups is 1. The summed E-state index contributed by atoms with van der Waals surface area (Å²) in [6, 6.07) is 5.41. The van der Waals surface area contributed by atoms with E-state index in [9.17, 15) is 10.1 Å². The lowest BCUT2D eigenvalue weighted by Gasteiger charge is -2.10. The minimum absolute atomic E-state index is 0.0951. The Bertz CT molecular complexity index is 605. The average molecular weight is 449 g/mol. The summed E-state index contributed by atoms with van der Waals surface area (Å²) < 4.78 is 5.75. The number of nitrogens with zero attached hydrogens (tertiary/aromatic N) is 2. The Labute approximate surface area is 197 Å². The van der Waals surface area contributed by atoms with Crippen molar-refractivity contribution in [2.24, 2.45) is 0 Å². The number of ether oxygens (including phenoxy) is 1. The van der Waals surface area contributed by atoms with E-state index in [1.165, 1.54) is 77.0 Å². The summed E-state index contributed by atoms with van der Waals surface area (Å²) >= 11 is 0.